The summed E-state index contributed by atoms with van der Waals surface area (Å²) in [5.74, 6) is 2.83. The van der Waals surface area contributed by atoms with E-state index in [0.29, 0.717) is 5.92 Å². The highest BCUT2D eigenvalue weighted by atomic mass is 19.1. The highest BCUT2D eigenvalue weighted by Gasteiger charge is 2.22. The topological polar surface area (TPSA) is 23.8 Å². The first-order chi connectivity index (χ1) is 13.2. The lowest BCUT2D eigenvalue weighted by Gasteiger charge is -2.29. The zero-order chi connectivity index (χ0) is 18.9. The first-order valence-corrected chi connectivity index (χ1v) is 10.7. The smallest absolute Gasteiger partial charge is 0.123 e. The number of nitriles is 1. The summed E-state index contributed by atoms with van der Waals surface area (Å²) < 4.78 is 13.1. The Morgan fingerprint density at radius 1 is 0.889 bits per heavy atom. The maximum Gasteiger partial charge on any atom is 0.123 e. The van der Waals surface area contributed by atoms with Crippen LogP contribution in [0.5, 0.6) is 0 Å². The molecule has 3 rings (SSSR count). The average molecular weight is 366 g/mol. The standard InChI is InChI=1S/C25H32FN/c26-25-17-15-24(16-18-25)23-13-11-22(12-14-23)10-9-21-7-5-20(6-8-21)4-2-1-3-19-27/h1,3,9-10,15-18,20-23H,2,4-8,11-14H2/t20-,21-,22-,23-. The molecule has 2 heteroatoms. The van der Waals surface area contributed by atoms with Gasteiger partial charge in [0.1, 0.15) is 5.82 Å². The molecule has 0 atom stereocenters. The molecule has 0 radical (unpaired) electrons. The van der Waals surface area contributed by atoms with Crippen molar-refractivity contribution in [1.82, 2.24) is 0 Å². The van der Waals surface area contributed by atoms with Gasteiger partial charge in [-0.1, -0.05) is 30.4 Å². The molecule has 1 nitrogen and oxygen atoms in total. The van der Waals surface area contributed by atoms with Gasteiger partial charge in [-0.3, -0.25) is 0 Å². The van der Waals surface area contributed by atoms with Gasteiger partial charge in [0.25, 0.3) is 0 Å². The average Bonchev–Trinajstić information content (AvgIpc) is 2.72. The molecule has 0 aliphatic heterocycles. The Labute approximate surface area is 164 Å². The third kappa shape index (κ3) is 6.35. The molecule has 0 aromatic heterocycles. The molecule has 2 aliphatic rings. The van der Waals surface area contributed by atoms with Crippen molar-refractivity contribution in [3.05, 3.63) is 60.0 Å². The van der Waals surface area contributed by atoms with Crippen LogP contribution in [0.3, 0.4) is 0 Å². The molecule has 0 unspecified atom stereocenters. The highest BCUT2D eigenvalue weighted by molar-refractivity contribution is 5.21. The van der Waals surface area contributed by atoms with Crippen molar-refractivity contribution in [3.63, 3.8) is 0 Å². The molecule has 0 heterocycles. The number of hydrogen-bond acceptors (Lipinski definition) is 1. The Balaban J connectivity index is 1.36. The molecule has 0 amide bonds. The predicted octanol–water partition coefficient (Wildman–Crippen LogP) is 7.32. The van der Waals surface area contributed by atoms with E-state index < -0.39 is 0 Å². The third-order valence-electron chi connectivity index (χ3n) is 6.59. The quantitative estimate of drug-likeness (QED) is 0.382. The Hall–Kier alpha value is -1.88. The summed E-state index contributed by atoms with van der Waals surface area (Å²) in [5, 5.41) is 8.53. The van der Waals surface area contributed by atoms with Gasteiger partial charge in [0.2, 0.25) is 0 Å². The Kier molecular flexibility index (Phi) is 7.69. The van der Waals surface area contributed by atoms with Crippen LogP contribution in [0.15, 0.2) is 48.6 Å². The van der Waals surface area contributed by atoms with Gasteiger partial charge in [0.15, 0.2) is 0 Å². The highest BCUT2D eigenvalue weighted by Crippen LogP contribution is 2.37. The normalized spacial score (nSPS) is 29.2. The van der Waals surface area contributed by atoms with Crippen LogP contribution >= 0.6 is 0 Å². The largest absolute Gasteiger partial charge is 0.207 e. The number of benzene rings is 1. The lowest BCUT2D eigenvalue weighted by molar-refractivity contribution is 0.295. The summed E-state index contributed by atoms with van der Waals surface area (Å²) in [4.78, 5) is 0. The molecule has 2 saturated carbocycles. The van der Waals surface area contributed by atoms with E-state index in [2.05, 4.69) is 18.2 Å². The molecule has 2 aliphatic carbocycles. The van der Waals surface area contributed by atoms with Crippen molar-refractivity contribution in [2.75, 3.05) is 0 Å². The van der Waals surface area contributed by atoms with Gasteiger partial charge >= 0.3 is 0 Å². The number of hydrogen-bond donors (Lipinski definition) is 0. The summed E-state index contributed by atoms with van der Waals surface area (Å²) in [6.45, 7) is 0. The van der Waals surface area contributed by atoms with Gasteiger partial charge in [-0.2, -0.15) is 5.26 Å². The maximum absolute atomic E-state index is 13.1. The number of rotatable bonds is 6. The Bertz CT molecular complexity index is 651. The van der Waals surface area contributed by atoms with E-state index >= 15 is 0 Å². The zero-order valence-corrected chi connectivity index (χ0v) is 16.3. The Morgan fingerprint density at radius 3 is 2.07 bits per heavy atom. The minimum absolute atomic E-state index is 0.135. The fraction of sp³-hybridized carbons (Fsp3) is 0.560. The maximum atomic E-state index is 13.1. The fourth-order valence-electron chi connectivity index (χ4n) is 4.83. The van der Waals surface area contributed by atoms with Crippen LogP contribution in [-0.2, 0) is 0 Å². The minimum atomic E-state index is -0.135. The van der Waals surface area contributed by atoms with Gasteiger partial charge < -0.3 is 0 Å². The third-order valence-corrected chi connectivity index (χ3v) is 6.59. The molecular formula is C25H32FN. The van der Waals surface area contributed by atoms with Crippen LogP contribution in [0.2, 0.25) is 0 Å². The van der Waals surface area contributed by atoms with Gasteiger partial charge in [0, 0.05) is 6.08 Å². The van der Waals surface area contributed by atoms with E-state index in [0.717, 1.165) is 24.2 Å². The zero-order valence-electron chi connectivity index (χ0n) is 16.3. The second-order valence-electron chi connectivity index (χ2n) is 8.44. The van der Waals surface area contributed by atoms with Crippen molar-refractivity contribution >= 4 is 0 Å². The van der Waals surface area contributed by atoms with Crippen molar-refractivity contribution in [1.29, 1.82) is 5.26 Å². The predicted molar refractivity (Wildman–Crippen MR) is 110 cm³/mol. The van der Waals surface area contributed by atoms with Crippen LogP contribution in [0.4, 0.5) is 4.39 Å². The summed E-state index contributed by atoms with van der Waals surface area (Å²) >= 11 is 0. The van der Waals surface area contributed by atoms with E-state index in [1.807, 2.05) is 18.2 Å². The van der Waals surface area contributed by atoms with E-state index in [1.54, 1.807) is 18.2 Å². The first-order valence-electron chi connectivity index (χ1n) is 10.7. The molecule has 0 spiro atoms. The fourth-order valence-corrected chi connectivity index (χ4v) is 4.83. The number of allylic oxidation sites excluding steroid dienone is 4. The molecule has 0 saturated heterocycles. The molecule has 1 aromatic carbocycles. The van der Waals surface area contributed by atoms with E-state index in [9.17, 15) is 4.39 Å². The van der Waals surface area contributed by atoms with Crippen LogP contribution < -0.4 is 0 Å². The number of nitrogens with zero attached hydrogens (tertiary/aromatic N) is 1. The van der Waals surface area contributed by atoms with Crippen molar-refractivity contribution in [2.45, 2.75) is 70.1 Å². The molecule has 144 valence electrons. The minimum Gasteiger partial charge on any atom is -0.207 e. The summed E-state index contributed by atoms with van der Waals surface area (Å²) in [6.07, 6.45) is 21.2. The van der Waals surface area contributed by atoms with Crippen molar-refractivity contribution < 1.29 is 4.39 Å². The van der Waals surface area contributed by atoms with Gasteiger partial charge in [-0.15, -0.1) is 0 Å². The van der Waals surface area contributed by atoms with Crippen molar-refractivity contribution in [3.8, 4) is 6.07 Å². The van der Waals surface area contributed by atoms with Crippen LogP contribution in [0.1, 0.15) is 75.7 Å². The van der Waals surface area contributed by atoms with E-state index in [1.165, 1.54) is 63.4 Å². The van der Waals surface area contributed by atoms with E-state index in [-0.39, 0.29) is 5.82 Å². The first kappa shape index (κ1) is 19.9. The molecule has 0 N–H and O–H groups in total. The lowest BCUT2D eigenvalue weighted by atomic mass is 9.77. The summed E-state index contributed by atoms with van der Waals surface area (Å²) in [7, 11) is 0. The van der Waals surface area contributed by atoms with Crippen LogP contribution in [0.25, 0.3) is 0 Å². The molecular weight excluding hydrogens is 333 g/mol. The van der Waals surface area contributed by atoms with Crippen LogP contribution in [0, 0.1) is 34.9 Å². The SMILES string of the molecule is N#CC=CCC[C@H]1CC[C@H](C=C[C@H]2CC[C@H](c3ccc(F)cc3)CC2)CC1. The van der Waals surface area contributed by atoms with Gasteiger partial charge in [-0.05, 0) is 106 Å². The summed E-state index contributed by atoms with van der Waals surface area (Å²) in [6, 6.07) is 9.19. The van der Waals surface area contributed by atoms with Crippen molar-refractivity contribution in [2.24, 2.45) is 17.8 Å². The van der Waals surface area contributed by atoms with E-state index in [4.69, 9.17) is 5.26 Å². The molecule has 0 bridgehead atoms. The molecule has 27 heavy (non-hydrogen) atoms. The molecule has 1 aromatic rings. The van der Waals surface area contributed by atoms with Gasteiger partial charge in [-0.25, -0.2) is 4.39 Å². The second kappa shape index (κ2) is 10.5. The molecule has 2 fully saturated rings. The van der Waals surface area contributed by atoms with Gasteiger partial charge in [0.05, 0.1) is 6.07 Å². The van der Waals surface area contributed by atoms with Crippen LogP contribution in [-0.4, -0.2) is 0 Å². The second-order valence-corrected chi connectivity index (χ2v) is 8.44. The lowest BCUT2D eigenvalue weighted by Crippen LogP contribution is -2.14. The summed E-state index contributed by atoms with van der Waals surface area (Å²) in [5.41, 5.74) is 1.31. The number of halogens is 1. The monoisotopic (exact) mass is 365 g/mol. The Morgan fingerprint density at radius 2 is 1.48 bits per heavy atom.